The Morgan fingerprint density at radius 1 is 1.41 bits per heavy atom. The van der Waals surface area contributed by atoms with Crippen molar-refractivity contribution in [1.82, 2.24) is 20.2 Å². The first-order valence-electron chi connectivity index (χ1n) is 8.97. The molecule has 2 aliphatic rings. The maximum absolute atomic E-state index is 13.1. The standard InChI is InChI=1S/C18H20N4O4S/c1-3-26-17(24)13-9(2)20-18(25)21-11(13)7-22-8-19-15-14(16(22)23)10-5-4-6-12(10)27-15/h8-9H,3-7H2,1-2H3,(H2,20,21,25)/t9-/m0/s1. The van der Waals surface area contributed by atoms with E-state index < -0.39 is 18.0 Å². The Morgan fingerprint density at radius 3 is 3.00 bits per heavy atom. The number of nitrogens with zero attached hydrogens (tertiary/aromatic N) is 2. The van der Waals surface area contributed by atoms with Crippen molar-refractivity contribution in [3.8, 4) is 0 Å². The Labute approximate surface area is 159 Å². The van der Waals surface area contributed by atoms with Gasteiger partial charge in [0.05, 0.1) is 42.2 Å². The van der Waals surface area contributed by atoms with Crippen molar-refractivity contribution in [2.24, 2.45) is 0 Å². The van der Waals surface area contributed by atoms with E-state index in [1.54, 1.807) is 25.2 Å². The Kier molecular flexibility index (Phi) is 4.47. The lowest BCUT2D eigenvalue weighted by atomic mass is 10.0. The molecule has 1 aliphatic heterocycles. The van der Waals surface area contributed by atoms with Gasteiger partial charge in [-0.05, 0) is 38.7 Å². The van der Waals surface area contributed by atoms with Gasteiger partial charge < -0.3 is 15.4 Å². The molecule has 0 fully saturated rings. The summed E-state index contributed by atoms with van der Waals surface area (Å²) in [6.07, 6.45) is 4.42. The number of thiophene rings is 1. The lowest BCUT2D eigenvalue weighted by Gasteiger charge is -2.26. The van der Waals surface area contributed by atoms with Crippen molar-refractivity contribution in [3.05, 3.63) is 38.4 Å². The molecule has 1 atom stereocenters. The monoisotopic (exact) mass is 388 g/mol. The van der Waals surface area contributed by atoms with Crippen LogP contribution in [0, 0.1) is 0 Å². The first-order chi connectivity index (χ1) is 13.0. The van der Waals surface area contributed by atoms with Crippen LogP contribution in [0.15, 0.2) is 22.4 Å². The number of aryl methyl sites for hydroxylation is 2. The minimum absolute atomic E-state index is 0.0539. The van der Waals surface area contributed by atoms with Crippen molar-refractivity contribution >= 4 is 33.6 Å². The summed E-state index contributed by atoms with van der Waals surface area (Å²) in [6, 6.07) is -0.922. The SMILES string of the molecule is CCOC(=O)C1=C(Cn2cnc3sc4c(c3c2=O)CCC4)NC(=O)N[C@H]1C. The first kappa shape index (κ1) is 17.7. The number of ether oxygens (including phenoxy) is 1. The zero-order valence-corrected chi connectivity index (χ0v) is 15.9. The van der Waals surface area contributed by atoms with Gasteiger partial charge in [0.15, 0.2) is 0 Å². The van der Waals surface area contributed by atoms with Gasteiger partial charge >= 0.3 is 12.0 Å². The fraction of sp³-hybridized carbons (Fsp3) is 0.444. The summed E-state index contributed by atoms with van der Waals surface area (Å²) < 4.78 is 6.56. The summed E-state index contributed by atoms with van der Waals surface area (Å²) >= 11 is 1.58. The Morgan fingerprint density at radius 2 is 2.22 bits per heavy atom. The van der Waals surface area contributed by atoms with Crippen molar-refractivity contribution in [1.29, 1.82) is 0 Å². The van der Waals surface area contributed by atoms with E-state index in [1.807, 2.05) is 0 Å². The number of carbonyl (C=O) groups is 2. The molecule has 2 N–H and O–H groups in total. The molecule has 27 heavy (non-hydrogen) atoms. The number of fused-ring (bicyclic) bond motifs is 3. The first-order valence-corrected chi connectivity index (χ1v) is 9.78. The highest BCUT2D eigenvalue weighted by atomic mass is 32.1. The van der Waals surface area contributed by atoms with E-state index in [2.05, 4.69) is 15.6 Å². The fourth-order valence-corrected chi connectivity index (χ4v) is 4.93. The van der Waals surface area contributed by atoms with Gasteiger partial charge in [0.1, 0.15) is 4.83 Å². The smallest absolute Gasteiger partial charge is 0.337 e. The van der Waals surface area contributed by atoms with Crippen molar-refractivity contribution in [2.45, 2.75) is 45.7 Å². The number of amides is 2. The molecule has 2 amide bonds. The topological polar surface area (TPSA) is 102 Å². The van der Waals surface area contributed by atoms with Crippen molar-refractivity contribution in [2.75, 3.05) is 6.61 Å². The van der Waals surface area contributed by atoms with E-state index in [4.69, 9.17) is 4.74 Å². The lowest BCUT2D eigenvalue weighted by Crippen LogP contribution is -2.50. The maximum Gasteiger partial charge on any atom is 0.337 e. The molecule has 0 aromatic carbocycles. The Hall–Kier alpha value is -2.68. The second-order valence-corrected chi connectivity index (χ2v) is 7.73. The number of aromatic nitrogens is 2. The largest absolute Gasteiger partial charge is 0.463 e. The highest BCUT2D eigenvalue weighted by molar-refractivity contribution is 7.18. The maximum atomic E-state index is 13.1. The zero-order valence-electron chi connectivity index (χ0n) is 15.1. The summed E-state index contributed by atoms with van der Waals surface area (Å²) in [7, 11) is 0. The highest BCUT2D eigenvalue weighted by Crippen LogP contribution is 2.34. The predicted molar refractivity (Wildman–Crippen MR) is 101 cm³/mol. The molecular weight excluding hydrogens is 368 g/mol. The number of hydrogen-bond donors (Lipinski definition) is 2. The van der Waals surface area contributed by atoms with Gasteiger partial charge in [-0.15, -0.1) is 11.3 Å². The number of allylic oxidation sites excluding steroid dienone is 1. The van der Waals surface area contributed by atoms with E-state index in [-0.39, 0.29) is 18.7 Å². The van der Waals surface area contributed by atoms with Crippen molar-refractivity contribution < 1.29 is 14.3 Å². The van der Waals surface area contributed by atoms with Crippen LogP contribution in [0.4, 0.5) is 4.79 Å². The van der Waals surface area contributed by atoms with Gasteiger partial charge in [0.25, 0.3) is 5.56 Å². The number of urea groups is 1. The van der Waals surface area contributed by atoms with Crippen molar-refractivity contribution in [3.63, 3.8) is 0 Å². The van der Waals surface area contributed by atoms with E-state index in [1.165, 1.54) is 15.8 Å². The van der Waals surface area contributed by atoms with Gasteiger partial charge in [-0.3, -0.25) is 9.36 Å². The Balaban J connectivity index is 1.78. The number of nitrogens with one attached hydrogen (secondary N) is 2. The molecule has 9 heteroatoms. The van der Waals surface area contributed by atoms with Crippen LogP contribution in [0.2, 0.25) is 0 Å². The summed E-state index contributed by atoms with van der Waals surface area (Å²) in [5.41, 5.74) is 1.64. The molecular formula is C18H20N4O4S. The average molecular weight is 388 g/mol. The van der Waals surface area contributed by atoms with Crippen LogP contribution in [-0.4, -0.2) is 34.2 Å². The van der Waals surface area contributed by atoms with Crippen LogP contribution in [-0.2, 0) is 28.9 Å². The highest BCUT2D eigenvalue weighted by Gasteiger charge is 2.30. The van der Waals surface area contributed by atoms with E-state index in [0.29, 0.717) is 16.7 Å². The molecule has 2 aromatic rings. The van der Waals surface area contributed by atoms with Crippen LogP contribution < -0.4 is 16.2 Å². The van der Waals surface area contributed by atoms with E-state index >= 15 is 0 Å². The van der Waals surface area contributed by atoms with Crippen LogP contribution >= 0.6 is 11.3 Å². The third-order valence-electron chi connectivity index (χ3n) is 4.89. The van der Waals surface area contributed by atoms with Gasteiger partial charge in [0, 0.05) is 4.88 Å². The molecule has 0 radical (unpaired) electrons. The minimum atomic E-state index is -0.509. The van der Waals surface area contributed by atoms with Gasteiger partial charge in [-0.1, -0.05) is 0 Å². The third kappa shape index (κ3) is 3.01. The molecule has 3 heterocycles. The Bertz CT molecular complexity index is 1040. The second kappa shape index (κ2) is 6.80. The second-order valence-electron chi connectivity index (χ2n) is 6.65. The predicted octanol–water partition coefficient (Wildman–Crippen LogP) is 1.47. The molecule has 1 aliphatic carbocycles. The number of hydrogen-bond acceptors (Lipinski definition) is 6. The minimum Gasteiger partial charge on any atom is -0.463 e. The molecule has 142 valence electrons. The third-order valence-corrected chi connectivity index (χ3v) is 6.09. The number of rotatable bonds is 4. The molecule has 0 unspecified atom stereocenters. The fourth-order valence-electron chi connectivity index (χ4n) is 3.71. The van der Waals surface area contributed by atoms with Crippen LogP contribution in [0.1, 0.15) is 30.7 Å². The number of esters is 1. The molecule has 4 rings (SSSR count). The van der Waals surface area contributed by atoms with Gasteiger partial charge in [0.2, 0.25) is 0 Å². The van der Waals surface area contributed by atoms with Crippen LogP contribution in [0.3, 0.4) is 0 Å². The van der Waals surface area contributed by atoms with Crippen LogP contribution in [0.5, 0.6) is 0 Å². The summed E-state index contributed by atoms with van der Waals surface area (Å²) in [5.74, 6) is -0.508. The molecule has 0 spiro atoms. The molecule has 2 aromatic heterocycles. The van der Waals surface area contributed by atoms with Gasteiger partial charge in [-0.2, -0.15) is 0 Å². The normalized spacial score (nSPS) is 19.0. The van der Waals surface area contributed by atoms with E-state index in [0.717, 1.165) is 29.7 Å². The lowest BCUT2D eigenvalue weighted by molar-refractivity contribution is -0.139. The molecule has 0 saturated carbocycles. The van der Waals surface area contributed by atoms with Crippen LogP contribution in [0.25, 0.3) is 10.2 Å². The molecule has 0 saturated heterocycles. The average Bonchev–Trinajstić information content (AvgIpc) is 3.17. The zero-order chi connectivity index (χ0) is 19.1. The quantitative estimate of drug-likeness (QED) is 0.772. The van der Waals surface area contributed by atoms with Gasteiger partial charge in [-0.25, -0.2) is 14.6 Å². The summed E-state index contributed by atoms with van der Waals surface area (Å²) in [5, 5.41) is 5.97. The number of carbonyl (C=O) groups excluding carboxylic acids is 2. The summed E-state index contributed by atoms with van der Waals surface area (Å²) in [6.45, 7) is 3.71. The summed E-state index contributed by atoms with van der Waals surface area (Å²) in [4.78, 5) is 43.7. The molecule has 8 nitrogen and oxygen atoms in total. The molecule has 0 bridgehead atoms. The van der Waals surface area contributed by atoms with E-state index in [9.17, 15) is 14.4 Å².